The molecule has 0 atom stereocenters. The average Bonchev–Trinajstić information content (AvgIpc) is 2.69. The summed E-state index contributed by atoms with van der Waals surface area (Å²) in [6.45, 7) is 0.141. The van der Waals surface area contributed by atoms with Crippen LogP contribution in [0.5, 0.6) is 0 Å². The number of benzene rings is 1. The highest BCUT2D eigenvalue weighted by atomic mass is 19.3. The topological polar surface area (TPSA) is 16.1 Å². The molecule has 1 saturated heterocycles. The third-order valence-electron chi connectivity index (χ3n) is 3.12. The van der Waals surface area contributed by atoms with Crippen LogP contribution in [-0.4, -0.2) is 24.0 Å². The third kappa shape index (κ3) is 1.84. The molecule has 0 saturated carbocycles. The van der Waals surface area contributed by atoms with Crippen molar-refractivity contribution in [2.24, 2.45) is 0 Å². The van der Waals surface area contributed by atoms with Gasteiger partial charge in [-0.25, -0.2) is 13.8 Å². The fourth-order valence-electron chi connectivity index (χ4n) is 2.27. The zero-order chi connectivity index (χ0) is 11.9. The quantitative estimate of drug-likeness (QED) is 0.753. The Bertz CT molecular complexity index is 549. The highest BCUT2D eigenvalue weighted by molar-refractivity contribution is 5.92. The number of pyridine rings is 1. The number of nitrogens with zero attached hydrogens (tertiary/aromatic N) is 2. The second-order valence-corrected chi connectivity index (χ2v) is 4.38. The Labute approximate surface area is 97.9 Å². The molecule has 1 aliphatic heterocycles. The van der Waals surface area contributed by atoms with Gasteiger partial charge in [0.05, 0.1) is 6.54 Å². The normalized spacial score (nSPS) is 18.8. The van der Waals surface area contributed by atoms with Crippen LogP contribution in [0.1, 0.15) is 6.42 Å². The van der Waals surface area contributed by atoms with Gasteiger partial charge >= 0.3 is 0 Å². The first-order valence-electron chi connectivity index (χ1n) is 5.62. The van der Waals surface area contributed by atoms with Crippen molar-refractivity contribution in [2.75, 3.05) is 18.0 Å². The second-order valence-electron chi connectivity index (χ2n) is 4.38. The lowest BCUT2D eigenvalue weighted by atomic mass is 10.1. The third-order valence-corrected chi connectivity index (χ3v) is 3.12. The highest BCUT2D eigenvalue weighted by Gasteiger charge is 2.39. The zero-order valence-corrected chi connectivity index (χ0v) is 9.24. The summed E-state index contributed by atoms with van der Waals surface area (Å²) in [6, 6.07) is 9.63. The lowest BCUT2D eigenvalue weighted by molar-refractivity contribution is 0.0257. The lowest BCUT2D eigenvalue weighted by Gasteiger charge is -2.18. The van der Waals surface area contributed by atoms with Crippen molar-refractivity contribution in [1.82, 2.24) is 4.98 Å². The summed E-state index contributed by atoms with van der Waals surface area (Å²) in [4.78, 5) is 5.92. The van der Waals surface area contributed by atoms with E-state index in [1.54, 1.807) is 11.1 Å². The Morgan fingerprint density at radius 1 is 1.18 bits per heavy atom. The summed E-state index contributed by atoms with van der Waals surface area (Å²) in [7, 11) is 0. The van der Waals surface area contributed by atoms with E-state index >= 15 is 0 Å². The summed E-state index contributed by atoms with van der Waals surface area (Å²) >= 11 is 0. The maximum atomic E-state index is 13.2. The molecule has 17 heavy (non-hydrogen) atoms. The van der Waals surface area contributed by atoms with E-state index < -0.39 is 5.92 Å². The summed E-state index contributed by atoms with van der Waals surface area (Å²) in [6.07, 6.45) is 1.59. The molecule has 0 amide bonds. The minimum absolute atomic E-state index is 0.0854. The molecule has 2 heterocycles. The van der Waals surface area contributed by atoms with E-state index in [1.807, 2.05) is 30.3 Å². The van der Waals surface area contributed by atoms with Crippen LogP contribution >= 0.6 is 0 Å². The predicted molar refractivity (Wildman–Crippen MR) is 63.5 cm³/mol. The van der Waals surface area contributed by atoms with Gasteiger partial charge in [-0.2, -0.15) is 0 Å². The van der Waals surface area contributed by atoms with Crippen LogP contribution in [0.3, 0.4) is 0 Å². The molecule has 0 spiro atoms. The van der Waals surface area contributed by atoms with Gasteiger partial charge in [0, 0.05) is 24.5 Å². The van der Waals surface area contributed by atoms with Crippen LogP contribution < -0.4 is 4.90 Å². The average molecular weight is 234 g/mol. The van der Waals surface area contributed by atoms with Crippen molar-refractivity contribution in [1.29, 1.82) is 0 Å². The van der Waals surface area contributed by atoms with Gasteiger partial charge in [-0.15, -0.1) is 0 Å². The van der Waals surface area contributed by atoms with Gasteiger partial charge in [0.2, 0.25) is 0 Å². The predicted octanol–water partition coefficient (Wildman–Crippen LogP) is 3.08. The maximum absolute atomic E-state index is 13.2. The van der Waals surface area contributed by atoms with Crippen LogP contribution in [0.2, 0.25) is 0 Å². The number of aromatic nitrogens is 1. The molecular formula is C13H12F2N2. The Morgan fingerprint density at radius 3 is 2.76 bits per heavy atom. The van der Waals surface area contributed by atoms with Crippen LogP contribution in [0.4, 0.5) is 14.6 Å². The van der Waals surface area contributed by atoms with Gasteiger partial charge in [0.25, 0.3) is 5.92 Å². The molecule has 1 fully saturated rings. The molecule has 3 rings (SSSR count). The molecule has 2 aromatic rings. The highest BCUT2D eigenvalue weighted by Crippen LogP contribution is 2.33. The number of fused-ring (bicyclic) bond motifs is 1. The Morgan fingerprint density at radius 2 is 2.00 bits per heavy atom. The first-order valence-corrected chi connectivity index (χ1v) is 5.62. The molecule has 1 aromatic heterocycles. The number of hydrogen-bond acceptors (Lipinski definition) is 2. The van der Waals surface area contributed by atoms with E-state index in [9.17, 15) is 8.78 Å². The SMILES string of the molecule is FC1(F)CCN(c2nccc3ccccc23)C1. The van der Waals surface area contributed by atoms with E-state index in [-0.39, 0.29) is 13.0 Å². The number of anilines is 1. The molecule has 0 N–H and O–H groups in total. The molecular weight excluding hydrogens is 222 g/mol. The first kappa shape index (κ1) is 10.4. The van der Waals surface area contributed by atoms with Gasteiger partial charge in [0.15, 0.2) is 0 Å². The van der Waals surface area contributed by atoms with Gasteiger partial charge in [-0.1, -0.05) is 24.3 Å². The molecule has 0 unspecified atom stereocenters. The van der Waals surface area contributed by atoms with Crippen molar-refractivity contribution in [3.8, 4) is 0 Å². The Hall–Kier alpha value is -1.71. The van der Waals surface area contributed by atoms with E-state index in [2.05, 4.69) is 4.98 Å². The largest absolute Gasteiger partial charge is 0.350 e. The Kier molecular flexibility index (Phi) is 2.24. The van der Waals surface area contributed by atoms with Crippen LogP contribution in [-0.2, 0) is 0 Å². The minimum atomic E-state index is -2.58. The van der Waals surface area contributed by atoms with Gasteiger partial charge in [0.1, 0.15) is 5.82 Å². The van der Waals surface area contributed by atoms with Crippen LogP contribution in [0.25, 0.3) is 10.8 Å². The molecule has 0 bridgehead atoms. The van der Waals surface area contributed by atoms with Crippen molar-refractivity contribution >= 4 is 16.6 Å². The van der Waals surface area contributed by atoms with Crippen molar-refractivity contribution in [3.63, 3.8) is 0 Å². The van der Waals surface area contributed by atoms with Crippen LogP contribution in [0, 0.1) is 0 Å². The summed E-state index contributed by atoms with van der Waals surface area (Å²) < 4.78 is 26.4. The molecule has 1 aliphatic rings. The number of halogens is 2. The van der Waals surface area contributed by atoms with Gasteiger partial charge in [-0.05, 0) is 11.5 Å². The van der Waals surface area contributed by atoms with E-state index in [1.165, 1.54) is 0 Å². The standard InChI is InChI=1S/C13H12F2N2/c14-13(15)6-8-17(9-13)12-11-4-2-1-3-10(11)5-7-16-12/h1-5,7H,6,8-9H2. The van der Waals surface area contributed by atoms with Crippen molar-refractivity contribution in [2.45, 2.75) is 12.3 Å². The minimum Gasteiger partial charge on any atom is -0.350 e. The van der Waals surface area contributed by atoms with E-state index in [0.29, 0.717) is 12.4 Å². The molecule has 88 valence electrons. The fourth-order valence-corrected chi connectivity index (χ4v) is 2.27. The fraction of sp³-hybridized carbons (Fsp3) is 0.308. The second kappa shape index (κ2) is 3.65. The van der Waals surface area contributed by atoms with Gasteiger partial charge in [-0.3, -0.25) is 0 Å². The number of rotatable bonds is 1. The lowest BCUT2D eigenvalue weighted by Crippen LogP contribution is -2.25. The number of alkyl halides is 2. The van der Waals surface area contributed by atoms with Crippen molar-refractivity contribution < 1.29 is 8.78 Å². The molecule has 4 heteroatoms. The zero-order valence-electron chi connectivity index (χ0n) is 9.24. The number of hydrogen-bond donors (Lipinski definition) is 0. The van der Waals surface area contributed by atoms with Crippen molar-refractivity contribution in [3.05, 3.63) is 36.5 Å². The molecule has 0 aliphatic carbocycles. The maximum Gasteiger partial charge on any atom is 0.266 e. The molecule has 2 nitrogen and oxygen atoms in total. The Balaban J connectivity index is 2.06. The molecule has 0 radical (unpaired) electrons. The smallest absolute Gasteiger partial charge is 0.266 e. The molecule has 1 aromatic carbocycles. The summed E-state index contributed by atoms with van der Waals surface area (Å²) in [5.41, 5.74) is 0. The summed E-state index contributed by atoms with van der Waals surface area (Å²) in [5.74, 6) is -1.92. The summed E-state index contributed by atoms with van der Waals surface area (Å²) in [5, 5.41) is 1.97. The van der Waals surface area contributed by atoms with Crippen LogP contribution in [0.15, 0.2) is 36.5 Å². The first-order chi connectivity index (χ1) is 8.16. The monoisotopic (exact) mass is 234 g/mol. The van der Waals surface area contributed by atoms with Gasteiger partial charge < -0.3 is 4.90 Å². The van der Waals surface area contributed by atoms with E-state index in [0.717, 1.165) is 10.8 Å². The van der Waals surface area contributed by atoms with E-state index in [4.69, 9.17) is 0 Å².